The van der Waals surface area contributed by atoms with Gasteiger partial charge in [0.25, 0.3) is 0 Å². The first-order chi connectivity index (χ1) is 10.3. The normalized spacial score (nSPS) is 17.9. The lowest BCUT2D eigenvalue weighted by Gasteiger charge is -2.18. The monoisotopic (exact) mass is 316 g/mol. The van der Waals surface area contributed by atoms with E-state index in [1.807, 2.05) is 22.9 Å². The Hall–Kier alpha value is -1.53. The molecule has 1 aliphatic carbocycles. The van der Waals surface area contributed by atoms with E-state index in [0.29, 0.717) is 0 Å². The number of nitrogens with one attached hydrogen (secondary N) is 1. The summed E-state index contributed by atoms with van der Waals surface area (Å²) >= 11 is 3.50. The zero-order chi connectivity index (χ0) is 14.2. The maximum atomic E-state index is 4.47. The molecule has 0 spiro atoms. The minimum absolute atomic E-state index is 0.727. The Balaban J connectivity index is 1.72. The number of rotatable bonds is 3. The van der Waals surface area contributed by atoms with E-state index < -0.39 is 0 Å². The van der Waals surface area contributed by atoms with Crippen molar-refractivity contribution in [3.8, 4) is 0 Å². The van der Waals surface area contributed by atoms with Crippen molar-refractivity contribution in [1.29, 1.82) is 0 Å². The minimum atomic E-state index is 0.727. The average Bonchev–Trinajstić information content (AvgIpc) is 3.11. The molecule has 1 N–H and O–H groups in total. The second kappa shape index (κ2) is 5.35. The maximum Gasteiger partial charge on any atom is 0.138 e. The molecule has 0 aromatic carbocycles. The number of aryl methyl sites for hydroxylation is 1. The van der Waals surface area contributed by atoms with Crippen molar-refractivity contribution in [3.63, 3.8) is 0 Å². The summed E-state index contributed by atoms with van der Waals surface area (Å²) in [5, 5.41) is 7.76. The molecule has 0 radical (unpaired) electrons. The highest BCUT2D eigenvalue weighted by atomic mass is 32.1. The molecule has 0 saturated heterocycles. The van der Waals surface area contributed by atoms with Crippen molar-refractivity contribution < 1.29 is 0 Å². The van der Waals surface area contributed by atoms with Gasteiger partial charge in [-0.2, -0.15) is 0 Å². The highest BCUT2D eigenvalue weighted by Crippen LogP contribution is 2.39. The number of anilines is 1. The maximum absolute atomic E-state index is 4.47. The van der Waals surface area contributed by atoms with Gasteiger partial charge < -0.3 is 5.32 Å². The van der Waals surface area contributed by atoms with Crippen LogP contribution in [0.5, 0.6) is 0 Å². The number of nitrogens with zero attached hydrogens (tertiary/aromatic N) is 3. The van der Waals surface area contributed by atoms with Crippen LogP contribution in [-0.2, 0) is 19.4 Å². The number of hydrogen-bond donors (Lipinski definition) is 1. The number of fused-ring (bicyclic) bond motifs is 3. The molecular formula is C15H16N4S2. The molecule has 108 valence electrons. The fourth-order valence-electron chi connectivity index (χ4n) is 2.91. The Morgan fingerprint density at radius 1 is 1.33 bits per heavy atom. The van der Waals surface area contributed by atoms with Crippen LogP contribution >= 0.6 is 22.7 Å². The van der Waals surface area contributed by atoms with E-state index in [4.69, 9.17) is 0 Å². The second-order valence-corrected chi connectivity index (χ2v) is 7.60. The molecule has 6 heteroatoms. The van der Waals surface area contributed by atoms with Gasteiger partial charge in [-0.1, -0.05) is 6.92 Å². The van der Waals surface area contributed by atoms with Crippen molar-refractivity contribution in [1.82, 2.24) is 15.0 Å². The Kier molecular flexibility index (Phi) is 3.35. The molecule has 21 heavy (non-hydrogen) atoms. The van der Waals surface area contributed by atoms with E-state index in [9.17, 15) is 0 Å². The number of thiophene rings is 1. The van der Waals surface area contributed by atoms with Crippen LogP contribution in [-0.4, -0.2) is 15.0 Å². The summed E-state index contributed by atoms with van der Waals surface area (Å²) in [6.45, 7) is 3.06. The average molecular weight is 316 g/mol. The molecule has 1 atom stereocenters. The first-order valence-electron chi connectivity index (χ1n) is 7.18. The topological polar surface area (TPSA) is 50.7 Å². The van der Waals surface area contributed by atoms with Gasteiger partial charge in [-0.25, -0.2) is 15.0 Å². The van der Waals surface area contributed by atoms with E-state index in [1.54, 1.807) is 17.7 Å². The summed E-state index contributed by atoms with van der Waals surface area (Å²) in [4.78, 5) is 15.9. The lowest BCUT2D eigenvalue weighted by Crippen LogP contribution is -2.09. The third-order valence-electron chi connectivity index (χ3n) is 3.98. The van der Waals surface area contributed by atoms with Crippen molar-refractivity contribution in [2.75, 3.05) is 5.32 Å². The van der Waals surface area contributed by atoms with Gasteiger partial charge in [0.05, 0.1) is 11.9 Å². The van der Waals surface area contributed by atoms with Crippen LogP contribution in [0.4, 0.5) is 5.82 Å². The number of hydrogen-bond acceptors (Lipinski definition) is 6. The van der Waals surface area contributed by atoms with E-state index >= 15 is 0 Å². The van der Waals surface area contributed by atoms with Crippen molar-refractivity contribution in [2.24, 2.45) is 5.92 Å². The van der Waals surface area contributed by atoms with Gasteiger partial charge in [-0.3, -0.25) is 0 Å². The third-order valence-corrected chi connectivity index (χ3v) is 5.92. The largest absolute Gasteiger partial charge is 0.363 e. The smallest absolute Gasteiger partial charge is 0.138 e. The molecule has 4 nitrogen and oxygen atoms in total. The summed E-state index contributed by atoms with van der Waals surface area (Å²) < 4.78 is 0. The first-order valence-corrected chi connectivity index (χ1v) is 8.88. The lowest BCUT2D eigenvalue weighted by molar-refractivity contribution is 0.509. The molecule has 3 aromatic heterocycles. The van der Waals surface area contributed by atoms with Crippen molar-refractivity contribution >= 4 is 38.7 Å². The first kappa shape index (κ1) is 13.2. The van der Waals surface area contributed by atoms with Crippen LogP contribution in [0.2, 0.25) is 0 Å². The summed E-state index contributed by atoms with van der Waals surface area (Å²) in [5.41, 5.74) is 1.47. The molecule has 4 rings (SSSR count). The van der Waals surface area contributed by atoms with Gasteiger partial charge in [-0.15, -0.1) is 22.7 Å². The standard InChI is InChI=1S/C15H16N4S2/c1-9-2-3-10-11(6-9)21-15-13(10)14(18-8-19-15)17-7-12-16-4-5-20-12/h4-5,8-9H,2-3,6-7H2,1H3,(H,17,18,19)/t9-/m0/s1. The summed E-state index contributed by atoms with van der Waals surface area (Å²) in [7, 11) is 0. The fraction of sp³-hybridized carbons (Fsp3) is 0.400. The van der Waals surface area contributed by atoms with Crippen molar-refractivity contribution in [3.05, 3.63) is 33.4 Å². The van der Waals surface area contributed by atoms with E-state index in [0.717, 1.165) is 34.5 Å². The van der Waals surface area contributed by atoms with Gasteiger partial charge in [0.1, 0.15) is 22.0 Å². The van der Waals surface area contributed by atoms with E-state index in [2.05, 4.69) is 27.2 Å². The number of thiazole rings is 1. The van der Waals surface area contributed by atoms with Gasteiger partial charge in [0.15, 0.2) is 0 Å². The zero-order valence-corrected chi connectivity index (χ0v) is 13.4. The molecule has 0 amide bonds. The molecule has 0 unspecified atom stereocenters. The van der Waals surface area contributed by atoms with E-state index in [1.165, 1.54) is 28.7 Å². The predicted molar refractivity (Wildman–Crippen MR) is 88.0 cm³/mol. The van der Waals surface area contributed by atoms with E-state index in [-0.39, 0.29) is 0 Å². The van der Waals surface area contributed by atoms with Crippen LogP contribution in [0, 0.1) is 5.92 Å². The summed E-state index contributed by atoms with van der Waals surface area (Å²) in [6.07, 6.45) is 7.10. The highest BCUT2D eigenvalue weighted by Gasteiger charge is 2.22. The van der Waals surface area contributed by atoms with Gasteiger partial charge >= 0.3 is 0 Å². The van der Waals surface area contributed by atoms with Crippen LogP contribution in [0.1, 0.15) is 28.8 Å². The van der Waals surface area contributed by atoms with Crippen LogP contribution in [0.3, 0.4) is 0 Å². The lowest BCUT2D eigenvalue weighted by atomic mass is 9.89. The summed E-state index contributed by atoms with van der Waals surface area (Å²) in [5.74, 6) is 1.74. The molecule has 0 fully saturated rings. The van der Waals surface area contributed by atoms with Crippen molar-refractivity contribution in [2.45, 2.75) is 32.7 Å². The SMILES string of the molecule is C[C@H]1CCc2c(sc3ncnc(NCc4nccs4)c23)C1. The van der Waals surface area contributed by atoms with Gasteiger partial charge in [0.2, 0.25) is 0 Å². The quantitative estimate of drug-likeness (QED) is 0.796. The van der Waals surface area contributed by atoms with Crippen LogP contribution in [0.15, 0.2) is 17.9 Å². The van der Waals surface area contributed by atoms with Crippen LogP contribution in [0.25, 0.3) is 10.2 Å². The molecule has 3 aromatic rings. The van der Waals surface area contributed by atoms with Gasteiger partial charge in [0, 0.05) is 16.5 Å². The Morgan fingerprint density at radius 2 is 2.29 bits per heavy atom. The molecule has 3 heterocycles. The Bertz CT molecular complexity index is 763. The molecule has 0 aliphatic heterocycles. The summed E-state index contributed by atoms with van der Waals surface area (Å²) in [6, 6.07) is 0. The Labute approximate surface area is 131 Å². The minimum Gasteiger partial charge on any atom is -0.363 e. The second-order valence-electron chi connectivity index (χ2n) is 5.53. The third kappa shape index (κ3) is 2.42. The van der Waals surface area contributed by atoms with Gasteiger partial charge in [-0.05, 0) is 30.7 Å². The molecule has 0 saturated carbocycles. The molecule has 1 aliphatic rings. The number of aromatic nitrogens is 3. The highest BCUT2D eigenvalue weighted by molar-refractivity contribution is 7.19. The predicted octanol–water partition coefficient (Wildman–Crippen LogP) is 3.88. The van der Waals surface area contributed by atoms with Crippen LogP contribution < -0.4 is 5.32 Å². The fourth-order valence-corrected chi connectivity index (χ4v) is 4.82. The molecule has 0 bridgehead atoms. The zero-order valence-electron chi connectivity index (χ0n) is 11.8. The molecular weight excluding hydrogens is 300 g/mol. The Morgan fingerprint density at radius 3 is 3.14 bits per heavy atom.